The van der Waals surface area contributed by atoms with Crippen LogP contribution < -0.4 is 9.47 Å². The number of hydrogen-bond acceptors (Lipinski definition) is 8. The van der Waals surface area contributed by atoms with E-state index in [1.807, 2.05) is 0 Å². The molecule has 9 heteroatoms. The van der Waals surface area contributed by atoms with Crippen molar-refractivity contribution in [3.8, 4) is 11.5 Å². The summed E-state index contributed by atoms with van der Waals surface area (Å²) < 4.78 is 16.0. The highest BCUT2D eigenvalue weighted by Crippen LogP contribution is 2.41. The molecule has 2 aliphatic rings. The quantitative estimate of drug-likeness (QED) is 0.238. The van der Waals surface area contributed by atoms with Crippen molar-refractivity contribution in [3.63, 3.8) is 0 Å². The van der Waals surface area contributed by atoms with Gasteiger partial charge in [0.15, 0.2) is 11.5 Å². The number of hydrogen-bond donors (Lipinski definition) is 1. The van der Waals surface area contributed by atoms with Crippen LogP contribution in [-0.2, 0) is 14.3 Å². The second-order valence-corrected chi connectivity index (χ2v) is 8.84. The number of Topliss-reactive ketones (excluding diaryl/α,β-unsaturated/α-hetero) is 1. The highest BCUT2D eigenvalue weighted by molar-refractivity contribution is 6.46. The molecule has 196 valence electrons. The Bertz CT molecular complexity index is 1200. The summed E-state index contributed by atoms with van der Waals surface area (Å²) in [5.74, 6) is -1.19. The topological polar surface area (TPSA) is 106 Å². The Morgan fingerprint density at radius 2 is 1.68 bits per heavy atom. The Balaban J connectivity index is 1.74. The molecule has 2 aromatic carbocycles. The van der Waals surface area contributed by atoms with Crippen molar-refractivity contribution >= 4 is 23.4 Å². The van der Waals surface area contributed by atoms with E-state index in [0.717, 1.165) is 19.6 Å². The number of amides is 1. The molecule has 0 radical (unpaired) electrons. The fourth-order valence-corrected chi connectivity index (χ4v) is 4.73. The molecule has 1 N–H and O–H groups in total. The highest BCUT2D eigenvalue weighted by Gasteiger charge is 2.46. The summed E-state index contributed by atoms with van der Waals surface area (Å²) in [7, 11) is 1.30. The molecule has 2 aliphatic heterocycles. The van der Waals surface area contributed by atoms with Gasteiger partial charge >= 0.3 is 5.97 Å². The molecule has 1 saturated heterocycles. The number of carbonyl (C=O) groups is 3. The monoisotopic (exact) mass is 508 g/mol. The maximum absolute atomic E-state index is 13.3. The number of aliphatic hydroxyl groups excluding tert-OH is 1. The van der Waals surface area contributed by atoms with E-state index in [-0.39, 0.29) is 11.3 Å². The van der Waals surface area contributed by atoms with Crippen molar-refractivity contribution in [2.45, 2.75) is 26.3 Å². The lowest BCUT2D eigenvalue weighted by atomic mass is 9.94. The predicted molar refractivity (Wildman–Crippen MR) is 137 cm³/mol. The zero-order valence-corrected chi connectivity index (χ0v) is 21.4. The Kier molecular flexibility index (Phi) is 8.13. The van der Waals surface area contributed by atoms with Crippen molar-refractivity contribution in [1.29, 1.82) is 0 Å². The standard InChI is InChI=1S/C28H32N2O7/c1-4-29(5-2)13-6-14-30-24(18-7-9-19(10-8-18)28(34)35-3)23(26(32)27(30)33)25(31)20-11-12-21-22(17-20)37-16-15-36-21/h7-12,17,24,31H,4-6,13-16H2,1-3H3/b25-23-. The minimum absolute atomic E-state index is 0.00432. The van der Waals surface area contributed by atoms with Crippen LogP contribution in [0.25, 0.3) is 5.76 Å². The smallest absolute Gasteiger partial charge is 0.337 e. The third-order valence-electron chi connectivity index (χ3n) is 6.77. The van der Waals surface area contributed by atoms with Crippen molar-refractivity contribution in [2.75, 3.05) is 46.5 Å². The van der Waals surface area contributed by atoms with Gasteiger partial charge in [0.1, 0.15) is 19.0 Å². The second-order valence-electron chi connectivity index (χ2n) is 8.84. The van der Waals surface area contributed by atoms with Gasteiger partial charge in [-0.2, -0.15) is 0 Å². The van der Waals surface area contributed by atoms with Gasteiger partial charge in [-0.05, 0) is 62.0 Å². The predicted octanol–water partition coefficient (Wildman–Crippen LogP) is 3.40. The average molecular weight is 509 g/mol. The molecule has 37 heavy (non-hydrogen) atoms. The number of ether oxygens (including phenoxy) is 3. The number of benzene rings is 2. The number of ketones is 1. The van der Waals surface area contributed by atoms with E-state index in [0.29, 0.717) is 54.4 Å². The molecule has 2 heterocycles. The Labute approximate surface area is 216 Å². The number of methoxy groups -OCH3 is 1. The minimum atomic E-state index is -0.809. The van der Waals surface area contributed by atoms with Crippen molar-refractivity contribution in [3.05, 3.63) is 64.7 Å². The first-order valence-corrected chi connectivity index (χ1v) is 12.5. The van der Waals surface area contributed by atoms with E-state index in [1.54, 1.807) is 42.5 Å². The van der Waals surface area contributed by atoms with E-state index in [1.165, 1.54) is 12.0 Å². The number of likely N-dealkylation sites (tertiary alicyclic amines) is 1. The maximum Gasteiger partial charge on any atom is 0.337 e. The largest absolute Gasteiger partial charge is 0.507 e. The van der Waals surface area contributed by atoms with Gasteiger partial charge in [-0.3, -0.25) is 9.59 Å². The van der Waals surface area contributed by atoms with Crippen LogP contribution in [0.4, 0.5) is 0 Å². The normalized spacial score (nSPS) is 18.4. The fourth-order valence-electron chi connectivity index (χ4n) is 4.73. The van der Waals surface area contributed by atoms with Gasteiger partial charge < -0.3 is 29.1 Å². The van der Waals surface area contributed by atoms with E-state index < -0.39 is 23.7 Å². The number of nitrogens with zero attached hydrogens (tertiary/aromatic N) is 2. The van der Waals surface area contributed by atoms with Gasteiger partial charge in [0, 0.05) is 12.1 Å². The molecule has 1 amide bonds. The number of rotatable bonds is 9. The molecule has 0 saturated carbocycles. The van der Waals surface area contributed by atoms with Crippen LogP contribution in [0.5, 0.6) is 11.5 Å². The summed E-state index contributed by atoms with van der Waals surface area (Å²) in [6.45, 7) is 7.83. The minimum Gasteiger partial charge on any atom is -0.507 e. The molecule has 1 unspecified atom stereocenters. The SMILES string of the molecule is CCN(CC)CCCN1C(=O)C(=O)/C(=C(\O)c2ccc3c(c2)OCCO3)C1c1ccc(C(=O)OC)cc1. The summed E-state index contributed by atoms with van der Waals surface area (Å²) in [6, 6.07) is 10.6. The number of fused-ring (bicyclic) bond motifs is 1. The van der Waals surface area contributed by atoms with Gasteiger partial charge in [-0.25, -0.2) is 4.79 Å². The van der Waals surface area contributed by atoms with Gasteiger partial charge in [-0.1, -0.05) is 26.0 Å². The maximum atomic E-state index is 13.3. The zero-order valence-electron chi connectivity index (χ0n) is 21.4. The van der Waals surface area contributed by atoms with Crippen LogP contribution in [0.1, 0.15) is 47.8 Å². The number of carbonyl (C=O) groups excluding carboxylic acids is 3. The van der Waals surface area contributed by atoms with Gasteiger partial charge in [0.25, 0.3) is 11.7 Å². The third-order valence-corrected chi connectivity index (χ3v) is 6.77. The van der Waals surface area contributed by atoms with Crippen LogP contribution in [-0.4, -0.2) is 79.1 Å². The second kappa shape index (κ2) is 11.5. The van der Waals surface area contributed by atoms with Crippen LogP contribution in [0.15, 0.2) is 48.0 Å². The molecule has 0 aliphatic carbocycles. The van der Waals surface area contributed by atoms with Crippen LogP contribution in [0.3, 0.4) is 0 Å². The summed E-state index contributed by atoms with van der Waals surface area (Å²) in [6.07, 6.45) is 0.662. The average Bonchev–Trinajstić information content (AvgIpc) is 3.19. The number of esters is 1. The van der Waals surface area contributed by atoms with E-state index in [2.05, 4.69) is 18.7 Å². The fraction of sp³-hybridized carbons (Fsp3) is 0.393. The molecular weight excluding hydrogens is 476 g/mol. The number of aliphatic hydroxyl groups is 1. The molecule has 0 aromatic heterocycles. The molecule has 1 atom stereocenters. The van der Waals surface area contributed by atoms with E-state index in [9.17, 15) is 19.5 Å². The zero-order chi connectivity index (χ0) is 26.5. The lowest BCUT2D eigenvalue weighted by molar-refractivity contribution is -0.140. The van der Waals surface area contributed by atoms with Crippen molar-refractivity contribution < 1.29 is 33.7 Å². The molecule has 0 bridgehead atoms. The Hall–Kier alpha value is -3.85. The Morgan fingerprint density at radius 3 is 2.32 bits per heavy atom. The third kappa shape index (κ3) is 5.32. The summed E-state index contributed by atoms with van der Waals surface area (Å²) in [5.41, 5.74) is 1.29. The molecule has 2 aromatic rings. The van der Waals surface area contributed by atoms with Crippen molar-refractivity contribution in [2.24, 2.45) is 0 Å². The Morgan fingerprint density at radius 1 is 1.03 bits per heavy atom. The molecule has 1 fully saturated rings. The van der Waals surface area contributed by atoms with E-state index in [4.69, 9.17) is 14.2 Å². The molecule has 9 nitrogen and oxygen atoms in total. The van der Waals surface area contributed by atoms with Crippen LogP contribution in [0.2, 0.25) is 0 Å². The van der Waals surface area contributed by atoms with Gasteiger partial charge in [0.2, 0.25) is 0 Å². The first kappa shape index (κ1) is 26.2. The van der Waals surface area contributed by atoms with Crippen LogP contribution in [0, 0.1) is 0 Å². The first-order chi connectivity index (χ1) is 17.9. The highest BCUT2D eigenvalue weighted by atomic mass is 16.6. The summed E-state index contributed by atoms with van der Waals surface area (Å²) >= 11 is 0. The summed E-state index contributed by atoms with van der Waals surface area (Å²) in [5, 5.41) is 11.3. The molecule has 0 spiro atoms. The van der Waals surface area contributed by atoms with Crippen LogP contribution >= 0.6 is 0 Å². The lowest BCUT2D eigenvalue weighted by Gasteiger charge is -2.27. The lowest BCUT2D eigenvalue weighted by Crippen LogP contribution is -2.33. The molecular formula is C28H32N2O7. The van der Waals surface area contributed by atoms with E-state index >= 15 is 0 Å². The van der Waals surface area contributed by atoms with Gasteiger partial charge in [-0.15, -0.1) is 0 Å². The first-order valence-electron chi connectivity index (χ1n) is 12.5. The van der Waals surface area contributed by atoms with Crippen molar-refractivity contribution in [1.82, 2.24) is 9.80 Å². The summed E-state index contributed by atoms with van der Waals surface area (Å²) in [4.78, 5) is 42.2. The van der Waals surface area contributed by atoms with Gasteiger partial charge in [0.05, 0.1) is 24.3 Å². The molecule has 4 rings (SSSR count).